The zero-order chi connectivity index (χ0) is 19.1. The summed E-state index contributed by atoms with van der Waals surface area (Å²) in [7, 11) is 0. The van der Waals surface area contributed by atoms with Crippen LogP contribution in [-0.2, 0) is 4.79 Å². The van der Waals surface area contributed by atoms with Crippen molar-refractivity contribution in [3.63, 3.8) is 0 Å². The molecule has 2 N–H and O–H groups in total. The number of rotatable bonds is 6. The number of nitrogens with one attached hydrogen (secondary N) is 2. The van der Waals surface area contributed by atoms with Gasteiger partial charge in [-0.25, -0.2) is 0 Å². The Morgan fingerprint density at radius 3 is 2.19 bits per heavy atom. The van der Waals surface area contributed by atoms with Crippen molar-refractivity contribution in [3.8, 4) is 0 Å². The molecule has 27 heavy (non-hydrogen) atoms. The fourth-order valence-corrected chi connectivity index (χ4v) is 3.35. The number of amides is 2. The Bertz CT molecular complexity index is 925. The highest BCUT2D eigenvalue weighted by molar-refractivity contribution is 7.99. The van der Waals surface area contributed by atoms with Gasteiger partial charge in [-0.3, -0.25) is 9.59 Å². The molecule has 0 aliphatic carbocycles. The summed E-state index contributed by atoms with van der Waals surface area (Å²) in [6.07, 6.45) is 0.415. The van der Waals surface area contributed by atoms with E-state index in [0.29, 0.717) is 17.7 Å². The molecule has 0 aromatic heterocycles. The molecular formula is C22H20N2O2S. The Morgan fingerprint density at radius 2 is 1.48 bits per heavy atom. The summed E-state index contributed by atoms with van der Waals surface area (Å²) in [4.78, 5) is 26.1. The van der Waals surface area contributed by atoms with Crippen LogP contribution in [0.4, 0.5) is 11.4 Å². The van der Waals surface area contributed by atoms with Crippen LogP contribution in [0.15, 0.2) is 88.7 Å². The lowest BCUT2D eigenvalue weighted by Crippen LogP contribution is -2.13. The molecule has 0 radical (unpaired) electrons. The first-order valence-corrected chi connectivity index (χ1v) is 9.50. The third-order valence-electron chi connectivity index (χ3n) is 3.86. The first-order chi connectivity index (χ1) is 13.2. The van der Waals surface area contributed by atoms with E-state index >= 15 is 0 Å². The third kappa shape index (κ3) is 5.21. The Labute approximate surface area is 163 Å². The summed E-state index contributed by atoms with van der Waals surface area (Å²) in [5.41, 5.74) is 1.97. The van der Waals surface area contributed by atoms with Crippen LogP contribution >= 0.6 is 11.8 Å². The lowest BCUT2D eigenvalue weighted by molar-refractivity contribution is -0.115. The lowest BCUT2D eigenvalue weighted by atomic mass is 10.2. The molecule has 2 amide bonds. The van der Waals surface area contributed by atoms with Crippen LogP contribution in [0.2, 0.25) is 0 Å². The van der Waals surface area contributed by atoms with Crippen molar-refractivity contribution in [1.29, 1.82) is 0 Å². The topological polar surface area (TPSA) is 58.2 Å². The van der Waals surface area contributed by atoms with Crippen molar-refractivity contribution in [2.45, 2.75) is 23.1 Å². The minimum Gasteiger partial charge on any atom is -0.326 e. The number of benzene rings is 3. The van der Waals surface area contributed by atoms with Crippen LogP contribution in [0.5, 0.6) is 0 Å². The fraction of sp³-hybridized carbons (Fsp3) is 0.0909. The summed E-state index contributed by atoms with van der Waals surface area (Å²) in [5.74, 6) is -0.247. The van der Waals surface area contributed by atoms with Crippen LogP contribution in [0.3, 0.4) is 0 Å². The molecule has 4 nitrogen and oxygen atoms in total. The molecular weight excluding hydrogens is 356 g/mol. The third-order valence-corrected chi connectivity index (χ3v) is 4.94. The standard InChI is InChI=1S/C22H20N2O2S/c1-2-21(25)23-17-14-12-16(13-15-17)22(26)24-19-10-6-7-11-20(19)27-18-8-4-3-5-9-18/h3-15H,2H2,1H3,(H,23,25)(H,24,26). The molecule has 3 aromatic carbocycles. The zero-order valence-corrected chi connectivity index (χ0v) is 15.8. The number of anilines is 2. The number of carbonyl (C=O) groups is 2. The van der Waals surface area contributed by atoms with E-state index in [1.807, 2.05) is 54.6 Å². The summed E-state index contributed by atoms with van der Waals surface area (Å²) in [6, 6.07) is 24.6. The maximum absolute atomic E-state index is 12.6. The maximum atomic E-state index is 12.6. The van der Waals surface area contributed by atoms with E-state index in [0.717, 1.165) is 15.5 Å². The first kappa shape index (κ1) is 18.7. The van der Waals surface area contributed by atoms with Crippen molar-refractivity contribution in [2.24, 2.45) is 0 Å². The number of carbonyl (C=O) groups excluding carboxylic acids is 2. The van der Waals surface area contributed by atoms with E-state index in [1.165, 1.54) is 0 Å². The molecule has 0 fully saturated rings. The normalized spacial score (nSPS) is 10.3. The lowest BCUT2D eigenvalue weighted by Gasteiger charge is -2.11. The van der Waals surface area contributed by atoms with Crippen LogP contribution in [0.1, 0.15) is 23.7 Å². The van der Waals surface area contributed by atoms with Crippen molar-refractivity contribution in [3.05, 3.63) is 84.4 Å². The highest BCUT2D eigenvalue weighted by atomic mass is 32.2. The quantitative estimate of drug-likeness (QED) is 0.602. The van der Waals surface area contributed by atoms with Gasteiger partial charge < -0.3 is 10.6 Å². The summed E-state index contributed by atoms with van der Waals surface area (Å²) < 4.78 is 0. The Balaban J connectivity index is 1.72. The smallest absolute Gasteiger partial charge is 0.255 e. The van der Waals surface area contributed by atoms with E-state index in [9.17, 15) is 9.59 Å². The molecule has 3 rings (SSSR count). The SMILES string of the molecule is CCC(=O)Nc1ccc(C(=O)Nc2ccccc2Sc2ccccc2)cc1. The zero-order valence-electron chi connectivity index (χ0n) is 14.9. The number of hydrogen-bond acceptors (Lipinski definition) is 3. The van der Waals surface area contributed by atoms with E-state index in [-0.39, 0.29) is 11.8 Å². The molecule has 0 atom stereocenters. The minimum absolute atomic E-state index is 0.0564. The van der Waals surface area contributed by atoms with Gasteiger partial charge in [-0.2, -0.15) is 0 Å². The Morgan fingerprint density at radius 1 is 0.815 bits per heavy atom. The second-order valence-corrected chi connectivity index (χ2v) is 6.96. The molecule has 0 spiro atoms. The van der Waals surface area contributed by atoms with Gasteiger partial charge in [0.2, 0.25) is 5.91 Å². The van der Waals surface area contributed by atoms with Crippen LogP contribution in [0, 0.1) is 0 Å². The molecule has 0 saturated carbocycles. The van der Waals surface area contributed by atoms with Crippen LogP contribution < -0.4 is 10.6 Å². The average molecular weight is 376 g/mol. The Hall–Kier alpha value is -3.05. The van der Waals surface area contributed by atoms with Gasteiger partial charge in [-0.1, -0.05) is 49.0 Å². The van der Waals surface area contributed by atoms with Gasteiger partial charge in [0.15, 0.2) is 0 Å². The molecule has 0 heterocycles. The largest absolute Gasteiger partial charge is 0.326 e. The van der Waals surface area contributed by atoms with Gasteiger partial charge in [0.05, 0.1) is 5.69 Å². The highest BCUT2D eigenvalue weighted by Gasteiger charge is 2.10. The fourth-order valence-electron chi connectivity index (χ4n) is 2.42. The van der Waals surface area contributed by atoms with Gasteiger partial charge in [0.1, 0.15) is 0 Å². The predicted molar refractivity (Wildman–Crippen MR) is 110 cm³/mol. The van der Waals surface area contributed by atoms with E-state index < -0.39 is 0 Å². The van der Waals surface area contributed by atoms with Gasteiger partial charge in [-0.05, 0) is 48.5 Å². The summed E-state index contributed by atoms with van der Waals surface area (Å²) in [5, 5.41) is 5.74. The first-order valence-electron chi connectivity index (χ1n) is 8.69. The minimum atomic E-state index is -0.190. The van der Waals surface area contributed by atoms with Gasteiger partial charge in [0, 0.05) is 27.5 Å². The molecule has 0 unspecified atom stereocenters. The number of para-hydroxylation sites is 1. The summed E-state index contributed by atoms with van der Waals surface area (Å²) >= 11 is 1.60. The number of hydrogen-bond donors (Lipinski definition) is 2. The molecule has 0 aliphatic rings. The van der Waals surface area contributed by atoms with Crippen molar-refractivity contribution >= 4 is 35.0 Å². The molecule has 0 saturated heterocycles. The van der Waals surface area contributed by atoms with E-state index in [4.69, 9.17) is 0 Å². The maximum Gasteiger partial charge on any atom is 0.255 e. The van der Waals surface area contributed by atoms with Gasteiger partial charge in [-0.15, -0.1) is 0 Å². The average Bonchev–Trinajstić information content (AvgIpc) is 2.70. The molecule has 5 heteroatoms. The molecule has 0 bridgehead atoms. The van der Waals surface area contributed by atoms with E-state index in [1.54, 1.807) is 43.0 Å². The molecule has 3 aromatic rings. The van der Waals surface area contributed by atoms with Gasteiger partial charge >= 0.3 is 0 Å². The predicted octanol–water partition coefficient (Wildman–Crippen LogP) is 5.44. The second-order valence-electron chi connectivity index (χ2n) is 5.84. The van der Waals surface area contributed by atoms with Crippen molar-refractivity contribution in [1.82, 2.24) is 0 Å². The monoisotopic (exact) mass is 376 g/mol. The summed E-state index contributed by atoms with van der Waals surface area (Å²) in [6.45, 7) is 1.79. The second kappa shape index (κ2) is 9.05. The van der Waals surface area contributed by atoms with Crippen LogP contribution in [0.25, 0.3) is 0 Å². The highest BCUT2D eigenvalue weighted by Crippen LogP contribution is 2.33. The van der Waals surface area contributed by atoms with Crippen LogP contribution in [-0.4, -0.2) is 11.8 Å². The molecule has 0 aliphatic heterocycles. The molecule has 136 valence electrons. The van der Waals surface area contributed by atoms with Gasteiger partial charge in [0.25, 0.3) is 5.91 Å². The van der Waals surface area contributed by atoms with E-state index in [2.05, 4.69) is 10.6 Å². The van der Waals surface area contributed by atoms with Crippen molar-refractivity contribution in [2.75, 3.05) is 10.6 Å². The van der Waals surface area contributed by atoms with Crippen molar-refractivity contribution < 1.29 is 9.59 Å². The Kier molecular flexibility index (Phi) is 6.28.